The quantitative estimate of drug-likeness (QED) is 0.250. The van der Waals surface area contributed by atoms with Crippen molar-refractivity contribution in [2.45, 2.75) is 24.5 Å². The molecule has 0 bridgehead atoms. The lowest BCUT2D eigenvalue weighted by molar-refractivity contribution is -0.147. The van der Waals surface area contributed by atoms with Gasteiger partial charge in [0.25, 0.3) is 0 Å². The number of carbonyl (C=O) groups is 3. The summed E-state index contributed by atoms with van der Waals surface area (Å²) in [5.41, 5.74) is 5.43. The van der Waals surface area contributed by atoms with Crippen LogP contribution in [0.4, 0.5) is 0 Å². The molecule has 2 saturated heterocycles. The van der Waals surface area contributed by atoms with Gasteiger partial charge in [-0.3, -0.25) is 26.0 Å². The highest BCUT2D eigenvalue weighted by Gasteiger charge is 2.45. The average Bonchev–Trinajstić information content (AvgIpc) is 2.15. The molecule has 2 heterocycles. The van der Waals surface area contributed by atoms with Crippen LogP contribution < -0.4 is 27.0 Å². The van der Waals surface area contributed by atoms with E-state index >= 15 is 0 Å². The van der Waals surface area contributed by atoms with Crippen molar-refractivity contribution in [3.63, 3.8) is 0 Å². The number of carbonyl (C=O) groups excluding carboxylic acids is 2. The van der Waals surface area contributed by atoms with E-state index in [1.807, 2.05) is 0 Å². The molecular weight excluding hydrogens is 218 g/mol. The molecule has 2 amide bonds. The minimum atomic E-state index is -1.43. The molecule has 0 radical (unpaired) electrons. The van der Waals surface area contributed by atoms with E-state index in [9.17, 15) is 14.4 Å². The Hall–Kier alpha value is -1.71. The van der Waals surface area contributed by atoms with Crippen LogP contribution in [0, 0.1) is 0 Å². The molecule has 0 aliphatic carbocycles. The number of piperazine rings is 1. The summed E-state index contributed by atoms with van der Waals surface area (Å²) in [5, 5.41) is 18.6. The molecular formula is C7H11N5O4. The van der Waals surface area contributed by atoms with Crippen molar-refractivity contribution < 1.29 is 19.5 Å². The Morgan fingerprint density at radius 3 is 2.50 bits per heavy atom. The maximum Gasteiger partial charge on any atom is 0.330 e. The fourth-order valence-corrected chi connectivity index (χ4v) is 1.70. The van der Waals surface area contributed by atoms with Gasteiger partial charge in [0.1, 0.15) is 18.5 Å². The van der Waals surface area contributed by atoms with Gasteiger partial charge in [0.05, 0.1) is 0 Å². The number of carboxylic acid groups (broad SMARTS) is 1. The number of hydrogen-bond acceptors (Lipinski definition) is 6. The molecule has 0 spiro atoms. The number of nitrogens with one attached hydrogen (secondary N) is 4. The van der Waals surface area contributed by atoms with Gasteiger partial charge in [-0.25, -0.2) is 4.79 Å². The molecule has 0 saturated carbocycles. The van der Waals surface area contributed by atoms with Gasteiger partial charge < -0.3 is 15.7 Å². The summed E-state index contributed by atoms with van der Waals surface area (Å²) in [6.07, 6.45) is -1.47. The van der Waals surface area contributed by atoms with Crippen LogP contribution in [0.2, 0.25) is 0 Å². The number of nitrogens with two attached hydrogens (primary N) is 1. The lowest BCUT2D eigenvalue weighted by Crippen LogP contribution is -2.80. The molecule has 9 heteroatoms. The molecule has 2 aliphatic rings. The van der Waals surface area contributed by atoms with Gasteiger partial charge in [-0.1, -0.05) is 0 Å². The lowest BCUT2D eigenvalue weighted by Gasteiger charge is -2.41. The summed E-state index contributed by atoms with van der Waals surface area (Å²) in [6, 6.07) is -2.28. The summed E-state index contributed by atoms with van der Waals surface area (Å²) < 4.78 is 0. The Morgan fingerprint density at radius 2 is 1.88 bits per heavy atom. The van der Waals surface area contributed by atoms with Crippen LogP contribution in [0.1, 0.15) is 0 Å². The highest BCUT2D eigenvalue weighted by molar-refractivity contribution is 6.03. The Bertz CT molecular complexity index is 359. The normalized spacial score (nSPS) is 38.3. The van der Waals surface area contributed by atoms with E-state index in [2.05, 4.69) is 21.3 Å². The van der Waals surface area contributed by atoms with Crippen LogP contribution in [-0.4, -0.2) is 47.4 Å². The lowest BCUT2D eigenvalue weighted by atomic mass is 10.1. The van der Waals surface area contributed by atoms with Crippen LogP contribution in [0.5, 0.6) is 0 Å². The van der Waals surface area contributed by atoms with E-state index in [1.165, 1.54) is 0 Å². The summed E-state index contributed by atoms with van der Waals surface area (Å²) >= 11 is 0. The number of aliphatic carboxylic acids is 1. The van der Waals surface area contributed by atoms with Crippen molar-refractivity contribution >= 4 is 17.8 Å². The third-order valence-corrected chi connectivity index (χ3v) is 2.43. The molecule has 88 valence electrons. The maximum atomic E-state index is 11.5. The van der Waals surface area contributed by atoms with Crippen molar-refractivity contribution in [2.24, 2.45) is 5.73 Å². The third kappa shape index (κ3) is 1.71. The minimum absolute atomic E-state index is 0.456. The van der Waals surface area contributed by atoms with Crippen molar-refractivity contribution in [3.8, 4) is 0 Å². The zero-order valence-electron chi connectivity index (χ0n) is 8.06. The molecule has 2 aliphatic heterocycles. The standard InChI is InChI=1S/C7H11N5O4/c8-7-11-3-1(4(13)12-7)9-2(6(15)16)5(14)10-3/h1-3,7,9,11H,8H2,(H,10,14)(H,12,13)(H,15,16). The van der Waals surface area contributed by atoms with E-state index in [0.29, 0.717) is 0 Å². The Labute approximate surface area is 89.7 Å². The number of hydrogen-bond donors (Lipinski definition) is 6. The highest BCUT2D eigenvalue weighted by Crippen LogP contribution is 2.05. The van der Waals surface area contributed by atoms with Crippen molar-refractivity contribution in [1.29, 1.82) is 0 Å². The molecule has 2 fully saturated rings. The Morgan fingerprint density at radius 1 is 1.19 bits per heavy atom. The molecule has 16 heavy (non-hydrogen) atoms. The maximum absolute atomic E-state index is 11.5. The smallest absolute Gasteiger partial charge is 0.330 e. The van der Waals surface area contributed by atoms with Crippen molar-refractivity contribution in [1.82, 2.24) is 21.3 Å². The molecule has 2 rings (SSSR count). The van der Waals surface area contributed by atoms with Gasteiger partial charge in [0.2, 0.25) is 11.8 Å². The van der Waals surface area contributed by atoms with Crippen LogP contribution in [-0.2, 0) is 14.4 Å². The first kappa shape index (κ1) is 10.8. The second kappa shape index (κ2) is 3.70. The van der Waals surface area contributed by atoms with Crippen molar-refractivity contribution in [3.05, 3.63) is 0 Å². The fraction of sp³-hybridized carbons (Fsp3) is 0.571. The second-order valence-electron chi connectivity index (χ2n) is 3.55. The number of rotatable bonds is 1. The van der Waals surface area contributed by atoms with Crippen LogP contribution >= 0.6 is 0 Å². The topological polar surface area (TPSA) is 146 Å². The summed E-state index contributed by atoms with van der Waals surface area (Å²) in [7, 11) is 0. The molecule has 0 aromatic heterocycles. The predicted molar refractivity (Wildman–Crippen MR) is 49.5 cm³/mol. The molecule has 7 N–H and O–H groups in total. The summed E-state index contributed by atoms with van der Waals surface area (Å²) in [4.78, 5) is 33.5. The number of amides is 2. The van der Waals surface area contributed by atoms with Gasteiger partial charge in [-0.15, -0.1) is 0 Å². The highest BCUT2D eigenvalue weighted by atomic mass is 16.4. The summed E-state index contributed by atoms with van der Waals surface area (Å²) in [5.74, 6) is -2.50. The predicted octanol–water partition coefficient (Wildman–Crippen LogP) is -4.18. The molecule has 0 aromatic carbocycles. The zero-order chi connectivity index (χ0) is 11.9. The van der Waals surface area contributed by atoms with E-state index in [1.54, 1.807) is 0 Å². The second-order valence-corrected chi connectivity index (χ2v) is 3.55. The fourth-order valence-electron chi connectivity index (χ4n) is 1.70. The van der Waals surface area contributed by atoms with Gasteiger partial charge in [-0.05, 0) is 0 Å². The first-order chi connectivity index (χ1) is 7.49. The minimum Gasteiger partial charge on any atom is -0.480 e. The zero-order valence-corrected chi connectivity index (χ0v) is 8.06. The third-order valence-electron chi connectivity index (χ3n) is 2.43. The van der Waals surface area contributed by atoms with Crippen LogP contribution in [0.15, 0.2) is 0 Å². The van der Waals surface area contributed by atoms with Gasteiger partial charge in [-0.2, -0.15) is 0 Å². The number of fused-ring (bicyclic) bond motifs is 1. The van der Waals surface area contributed by atoms with Crippen molar-refractivity contribution in [2.75, 3.05) is 0 Å². The first-order valence-corrected chi connectivity index (χ1v) is 4.60. The molecule has 4 atom stereocenters. The first-order valence-electron chi connectivity index (χ1n) is 4.60. The molecule has 4 unspecified atom stereocenters. The Balaban J connectivity index is 2.16. The SMILES string of the molecule is NC1NC(=O)C2NC(C(=O)O)C(=O)NC2N1. The monoisotopic (exact) mass is 229 g/mol. The number of carboxylic acids is 1. The molecule has 0 aromatic rings. The van der Waals surface area contributed by atoms with E-state index in [0.717, 1.165) is 0 Å². The van der Waals surface area contributed by atoms with Gasteiger partial charge >= 0.3 is 5.97 Å². The largest absolute Gasteiger partial charge is 0.480 e. The van der Waals surface area contributed by atoms with Crippen LogP contribution in [0.3, 0.4) is 0 Å². The van der Waals surface area contributed by atoms with E-state index in [4.69, 9.17) is 10.8 Å². The average molecular weight is 229 g/mol. The van der Waals surface area contributed by atoms with E-state index in [-0.39, 0.29) is 0 Å². The van der Waals surface area contributed by atoms with Crippen LogP contribution in [0.25, 0.3) is 0 Å². The summed E-state index contributed by atoms with van der Waals surface area (Å²) in [6.45, 7) is 0. The Kier molecular flexibility index (Phi) is 2.50. The van der Waals surface area contributed by atoms with E-state index < -0.39 is 42.3 Å². The van der Waals surface area contributed by atoms with Gasteiger partial charge in [0, 0.05) is 0 Å². The van der Waals surface area contributed by atoms with Gasteiger partial charge in [0.15, 0.2) is 6.04 Å². The molecule has 9 nitrogen and oxygen atoms in total.